The Morgan fingerprint density at radius 3 is 2.50 bits per heavy atom. The topological polar surface area (TPSA) is 66.4 Å². The van der Waals surface area contributed by atoms with Crippen LogP contribution in [0.25, 0.3) is 0 Å². The molecule has 0 aliphatic rings. The van der Waals surface area contributed by atoms with E-state index < -0.39 is 10.0 Å². The summed E-state index contributed by atoms with van der Waals surface area (Å²) in [5.74, 6) is 0.0444. The first kappa shape index (κ1) is 11.2. The third kappa shape index (κ3) is 3.47. The van der Waals surface area contributed by atoms with Crippen LogP contribution in [0.2, 0.25) is 0 Å². The maximum atomic E-state index is 10.9. The number of thioether (sulfide) groups is 1. The summed E-state index contributed by atoms with van der Waals surface area (Å²) in [5.41, 5.74) is 0.372. The normalized spacial score (nSPS) is 11.3. The van der Waals surface area contributed by atoms with Crippen LogP contribution in [-0.4, -0.2) is 26.0 Å². The molecule has 0 unspecified atom stereocenters. The van der Waals surface area contributed by atoms with Crippen LogP contribution in [0.15, 0.2) is 23.1 Å². The molecular formula is C8H11NO3S2. The molecule has 0 bridgehead atoms. The molecule has 78 valence electrons. The van der Waals surface area contributed by atoms with E-state index in [2.05, 4.69) is 4.72 Å². The number of anilines is 1. The first-order chi connectivity index (χ1) is 6.40. The van der Waals surface area contributed by atoms with E-state index in [1.54, 1.807) is 12.1 Å². The van der Waals surface area contributed by atoms with Gasteiger partial charge in [0, 0.05) is 11.0 Å². The number of sulfonamides is 1. The zero-order valence-corrected chi connectivity index (χ0v) is 9.45. The van der Waals surface area contributed by atoms with Crippen molar-refractivity contribution in [3.63, 3.8) is 0 Å². The highest BCUT2D eigenvalue weighted by Gasteiger charge is 2.04. The van der Waals surface area contributed by atoms with Gasteiger partial charge in [-0.05, 0) is 18.4 Å². The quantitative estimate of drug-likeness (QED) is 0.776. The number of hydrogen-bond acceptors (Lipinski definition) is 4. The molecule has 0 saturated carbocycles. The van der Waals surface area contributed by atoms with Gasteiger partial charge in [0.15, 0.2) is 0 Å². The van der Waals surface area contributed by atoms with Crippen LogP contribution in [0, 0.1) is 0 Å². The molecule has 14 heavy (non-hydrogen) atoms. The lowest BCUT2D eigenvalue weighted by molar-refractivity contribution is 0.474. The molecule has 0 saturated heterocycles. The van der Waals surface area contributed by atoms with Crippen molar-refractivity contribution >= 4 is 27.5 Å². The van der Waals surface area contributed by atoms with E-state index in [0.717, 1.165) is 11.2 Å². The largest absolute Gasteiger partial charge is 0.508 e. The highest BCUT2D eigenvalue weighted by Crippen LogP contribution is 2.25. The van der Waals surface area contributed by atoms with Crippen molar-refractivity contribution < 1.29 is 13.5 Å². The second kappa shape index (κ2) is 4.10. The van der Waals surface area contributed by atoms with Gasteiger partial charge in [-0.3, -0.25) is 4.72 Å². The van der Waals surface area contributed by atoms with Crippen molar-refractivity contribution in [2.75, 3.05) is 17.2 Å². The molecule has 0 fully saturated rings. The van der Waals surface area contributed by atoms with Crippen molar-refractivity contribution in [2.24, 2.45) is 0 Å². The summed E-state index contributed by atoms with van der Waals surface area (Å²) >= 11 is 1.43. The highest BCUT2D eigenvalue weighted by atomic mass is 32.2. The zero-order valence-electron chi connectivity index (χ0n) is 7.81. The molecule has 2 N–H and O–H groups in total. The number of nitrogens with one attached hydrogen (secondary N) is 1. The molecule has 0 aliphatic carbocycles. The van der Waals surface area contributed by atoms with Crippen LogP contribution in [0.5, 0.6) is 5.75 Å². The Morgan fingerprint density at radius 1 is 1.36 bits per heavy atom. The van der Waals surface area contributed by atoms with Gasteiger partial charge in [0.25, 0.3) is 0 Å². The van der Waals surface area contributed by atoms with Crippen LogP contribution < -0.4 is 4.72 Å². The summed E-state index contributed by atoms with van der Waals surface area (Å²) in [4.78, 5) is 0.802. The van der Waals surface area contributed by atoms with E-state index in [4.69, 9.17) is 0 Å². The number of phenolic OH excluding ortho intramolecular Hbond substituents is 1. The van der Waals surface area contributed by atoms with E-state index in [1.165, 1.54) is 17.8 Å². The number of hydrogen-bond donors (Lipinski definition) is 2. The minimum atomic E-state index is -3.29. The van der Waals surface area contributed by atoms with Gasteiger partial charge in [0.05, 0.1) is 11.9 Å². The average Bonchev–Trinajstić information content (AvgIpc) is 1.99. The molecule has 0 aromatic heterocycles. The van der Waals surface area contributed by atoms with Crippen LogP contribution >= 0.6 is 11.8 Å². The molecule has 6 heteroatoms. The molecule has 0 aliphatic heterocycles. The minimum absolute atomic E-state index is 0.0444. The van der Waals surface area contributed by atoms with Gasteiger partial charge in [0.2, 0.25) is 10.0 Å². The maximum absolute atomic E-state index is 10.9. The fourth-order valence-electron chi connectivity index (χ4n) is 0.974. The van der Waals surface area contributed by atoms with Crippen molar-refractivity contribution in [2.45, 2.75) is 4.90 Å². The molecule has 1 aromatic rings. The lowest BCUT2D eigenvalue weighted by Gasteiger charge is -2.06. The Morgan fingerprint density at radius 2 is 2.00 bits per heavy atom. The molecular weight excluding hydrogens is 222 g/mol. The van der Waals surface area contributed by atoms with Crippen LogP contribution in [0.3, 0.4) is 0 Å². The van der Waals surface area contributed by atoms with Crippen LogP contribution in [0.1, 0.15) is 0 Å². The smallest absolute Gasteiger partial charge is 0.229 e. The summed E-state index contributed by atoms with van der Waals surface area (Å²) in [5, 5.41) is 9.27. The fourth-order valence-corrected chi connectivity index (χ4v) is 2.00. The second-order valence-corrected chi connectivity index (χ2v) is 5.42. The van der Waals surface area contributed by atoms with Crippen molar-refractivity contribution in [1.82, 2.24) is 0 Å². The van der Waals surface area contributed by atoms with Gasteiger partial charge in [-0.15, -0.1) is 11.8 Å². The number of phenols is 1. The lowest BCUT2D eigenvalue weighted by atomic mass is 10.3. The Hall–Kier alpha value is -0.880. The first-order valence-electron chi connectivity index (χ1n) is 3.76. The highest BCUT2D eigenvalue weighted by molar-refractivity contribution is 7.98. The summed E-state index contributed by atoms with van der Waals surface area (Å²) < 4.78 is 24.1. The summed E-state index contributed by atoms with van der Waals surface area (Å²) in [6.07, 6.45) is 2.91. The van der Waals surface area contributed by atoms with Crippen molar-refractivity contribution in [3.8, 4) is 5.75 Å². The Balaban J connectivity index is 3.04. The summed E-state index contributed by atoms with van der Waals surface area (Å²) in [6.45, 7) is 0. The van der Waals surface area contributed by atoms with Gasteiger partial charge < -0.3 is 5.11 Å². The molecule has 1 rings (SSSR count). The monoisotopic (exact) mass is 233 g/mol. The summed E-state index contributed by atoms with van der Waals surface area (Å²) in [7, 11) is -3.29. The predicted octanol–water partition coefficient (Wildman–Crippen LogP) is 1.49. The van der Waals surface area contributed by atoms with E-state index in [9.17, 15) is 13.5 Å². The van der Waals surface area contributed by atoms with Crippen LogP contribution in [0.4, 0.5) is 5.69 Å². The van der Waals surface area contributed by atoms with Crippen molar-refractivity contribution in [1.29, 1.82) is 0 Å². The van der Waals surface area contributed by atoms with Crippen LogP contribution in [-0.2, 0) is 10.0 Å². The lowest BCUT2D eigenvalue weighted by Crippen LogP contribution is -2.09. The molecule has 0 heterocycles. The Kier molecular flexibility index (Phi) is 3.28. The Labute approximate surface area is 87.4 Å². The van der Waals surface area contributed by atoms with Gasteiger partial charge in [-0.1, -0.05) is 0 Å². The third-order valence-corrected chi connectivity index (χ3v) is 2.74. The molecule has 1 aromatic carbocycles. The number of aromatic hydroxyl groups is 1. The average molecular weight is 233 g/mol. The fraction of sp³-hybridized carbons (Fsp3) is 0.250. The number of benzene rings is 1. The van der Waals surface area contributed by atoms with E-state index in [1.807, 2.05) is 6.26 Å². The van der Waals surface area contributed by atoms with Gasteiger partial charge in [-0.2, -0.15) is 0 Å². The van der Waals surface area contributed by atoms with E-state index in [-0.39, 0.29) is 5.75 Å². The predicted molar refractivity (Wildman–Crippen MR) is 58.4 cm³/mol. The van der Waals surface area contributed by atoms with E-state index >= 15 is 0 Å². The SMILES string of the molecule is CSc1cc(O)cc(NS(C)(=O)=O)c1. The summed E-state index contributed by atoms with van der Waals surface area (Å²) in [6, 6.07) is 4.59. The molecule has 0 amide bonds. The molecule has 0 atom stereocenters. The van der Waals surface area contributed by atoms with Gasteiger partial charge in [-0.25, -0.2) is 8.42 Å². The molecule has 4 nitrogen and oxygen atoms in total. The van der Waals surface area contributed by atoms with Crippen molar-refractivity contribution in [3.05, 3.63) is 18.2 Å². The Bertz CT molecular complexity index is 428. The minimum Gasteiger partial charge on any atom is -0.508 e. The second-order valence-electron chi connectivity index (χ2n) is 2.79. The molecule has 0 spiro atoms. The standard InChI is InChI=1S/C8H11NO3S2/c1-13-8-4-6(3-7(10)5-8)9-14(2,11)12/h3-5,9-10H,1-2H3. The van der Waals surface area contributed by atoms with Gasteiger partial charge >= 0.3 is 0 Å². The third-order valence-electron chi connectivity index (χ3n) is 1.43. The zero-order chi connectivity index (χ0) is 10.8. The number of rotatable bonds is 3. The first-order valence-corrected chi connectivity index (χ1v) is 6.88. The van der Waals surface area contributed by atoms with E-state index in [0.29, 0.717) is 5.69 Å². The van der Waals surface area contributed by atoms with Gasteiger partial charge in [0.1, 0.15) is 5.75 Å². The molecule has 0 radical (unpaired) electrons. The maximum Gasteiger partial charge on any atom is 0.229 e.